The maximum Gasteiger partial charge on any atom is 0.312 e. The van der Waals surface area contributed by atoms with Crippen LogP contribution in [0.3, 0.4) is 0 Å². The van der Waals surface area contributed by atoms with Gasteiger partial charge >= 0.3 is 5.69 Å². The number of phenolic OH excluding ortho intramolecular Hbond substituents is 1. The number of amides is 1. The molecule has 0 unspecified atom stereocenters. The SMILES string of the molecule is O=C1/C(=C\c2cc(Br)cc([N+](=O)[O-])c2O)SC(=S)N1C1CCCCC1. The van der Waals surface area contributed by atoms with Gasteiger partial charge in [0.2, 0.25) is 5.75 Å². The van der Waals surface area contributed by atoms with Crippen molar-refractivity contribution in [3.05, 3.63) is 37.2 Å². The fourth-order valence-electron chi connectivity index (χ4n) is 3.13. The van der Waals surface area contributed by atoms with Crippen LogP contribution in [0.2, 0.25) is 0 Å². The van der Waals surface area contributed by atoms with Crippen molar-refractivity contribution in [3.8, 4) is 5.75 Å². The van der Waals surface area contributed by atoms with Crippen LogP contribution in [-0.2, 0) is 4.79 Å². The lowest BCUT2D eigenvalue weighted by Gasteiger charge is -2.29. The fraction of sp³-hybridized carbons (Fsp3) is 0.375. The number of hydrogen-bond donors (Lipinski definition) is 1. The minimum atomic E-state index is -0.662. The van der Waals surface area contributed by atoms with Gasteiger partial charge in [-0.1, -0.05) is 59.2 Å². The Labute approximate surface area is 162 Å². The van der Waals surface area contributed by atoms with Gasteiger partial charge in [0.1, 0.15) is 4.32 Å². The van der Waals surface area contributed by atoms with Crippen molar-refractivity contribution in [2.75, 3.05) is 0 Å². The van der Waals surface area contributed by atoms with Gasteiger partial charge < -0.3 is 5.11 Å². The van der Waals surface area contributed by atoms with Crippen molar-refractivity contribution in [3.63, 3.8) is 0 Å². The maximum absolute atomic E-state index is 12.8. The van der Waals surface area contributed by atoms with Crippen LogP contribution in [0.25, 0.3) is 6.08 Å². The molecular formula is C16H15BrN2O4S2. The van der Waals surface area contributed by atoms with Crippen molar-refractivity contribution in [2.24, 2.45) is 0 Å². The lowest BCUT2D eigenvalue weighted by atomic mass is 9.94. The first-order chi connectivity index (χ1) is 11.9. The number of nitro groups is 1. The third-order valence-corrected chi connectivity index (χ3v) is 6.12. The van der Waals surface area contributed by atoms with Crippen LogP contribution >= 0.6 is 39.9 Å². The number of aromatic hydroxyl groups is 1. The molecule has 0 radical (unpaired) electrons. The van der Waals surface area contributed by atoms with Crippen molar-refractivity contribution in [1.29, 1.82) is 0 Å². The van der Waals surface area contributed by atoms with Crippen molar-refractivity contribution in [2.45, 2.75) is 38.1 Å². The Morgan fingerprint density at radius 1 is 1.36 bits per heavy atom. The molecule has 1 amide bonds. The molecule has 1 aromatic carbocycles. The van der Waals surface area contributed by atoms with E-state index in [1.54, 1.807) is 4.90 Å². The molecule has 1 N–H and O–H groups in total. The van der Waals surface area contributed by atoms with Gasteiger partial charge in [0, 0.05) is 22.1 Å². The number of nitro benzene ring substituents is 1. The van der Waals surface area contributed by atoms with Crippen molar-refractivity contribution in [1.82, 2.24) is 4.90 Å². The molecule has 9 heteroatoms. The smallest absolute Gasteiger partial charge is 0.312 e. The largest absolute Gasteiger partial charge is 0.502 e. The molecule has 0 spiro atoms. The summed E-state index contributed by atoms with van der Waals surface area (Å²) in [6.45, 7) is 0. The Morgan fingerprint density at radius 3 is 2.68 bits per heavy atom. The molecule has 1 aliphatic carbocycles. The van der Waals surface area contributed by atoms with Gasteiger partial charge in [-0.25, -0.2) is 0 Å². The molecule has 1 saturated heterocycles. The highest BCUT2D eigenvalue weighted by molar-refractivity contribution is 9.10. The standard InChI is InChI=1S/C16H15BrN2O4S2/c17-10-6-9(14(20)12(8-10)19(22)23)7-13-15(21)18(16(24)25-13)11-4-2-1-3-5-11/h6-8,11,20H,1-5H2/b13-7+. The first kappa shape index (κ1) is 18.3. The molecule has 0 bridgehead atoms. The number of thiocarbonyl (C=S) groups is 1. The molecule has 0 atom stereocenters. The first-order valence-electron chi connectivity index (χ1n) is 7.82. The zero-order valence-corrected chi connectivity index (χ0v) is 16.3. The molecule has 1 aliphatic heterocycles. The summed E-state index contributed by atoms with van der Waals surface area (Å²) in [5, 5.41) is 21.2. The molecule has 2 aliphatic rings. The van der Waals surface area contributed by atoms with Gasteiger partial charge in [0.25, 0.3) is 5.91 Å². The van der Waals surface area contributed by atoms with E-state index in [9.17, 15) is 20.0 Å². The minimum Gasteiger partial charge on any atom is -0.502 e. The Kier molecular flexibility index (Phi) is 5.45. The number of thioether (sulfide) groups is 1. The quantitative estimate of drug-likeness (QED) is 0.318. The van der Waals surface area contributed by atoms with E-state index >= 15 is 0 Å². The average Bonchev–Trinajstić information content (AvgIpc) is 2.85. The number of rotatable bonds is 3. The van der Waals surface area contributed by atoms with Crippen LogP contribution in [0.1, 0.15) is 37.7 Å². The first-order valence-corrected chi connectivity index (χ1v) is 9.84. The average molecular weight is 443 g/mol. The highest BCUT2D eigenvalue weighted by Crippen LogP contribution is 2.40. The Hall–Kier alpha value is -1.45. The zero-order chi connectivity index (χ0) is 18.1. The van der Waals surface area contributed by atoms with Crippen LogP contribution in [0.4, 0.5) is 5.69 Å². The normalized spacial score (nSPS) is 20.5. The van der Waals surface area contributed by atoms with Gasteiger partial charge in [0.05, 0.1) is 9.83 Å². The van der Waals surface area contributed by atoms with Gasteiger partial charge in [-0.3, -0.25) is 19.8 Å². The summed E-state index contributed by atoms with van der Waals surface area (Å²) < 4.78 is 0.957. The predicted octanol–water partition coefficient (Wildman–Crippen LogP) is 4.60. The number of carbonyl (C=O) groups is 1. The van der Waals surface area contributed by atoms with Crippen LogP contribution in [0.5, 0.6) is 5.75 Å². The van der Waals surface area contributed by atoms with Crippen LogP contribution in [0, 0.1) is 10.1 Å². The third-order valence-electron chi connectivity index (χ3n) is 4.33. The maximum atomic E-state index is 12.8. The summed E-state index contributed by atoms with van der Waals surface area (Å²) >= 11 is 9.73. The molecule has 3 rings (SSSR count). The van der Waals surface area contributed by atoms with Crippen molar-refractivity contribution >= 4 is 61.9 Å². The second kappa shape index (κ2) is 7.43. The second-order valence-electron chi connectivity index (χ2n) is 5.96. The topological polar surface area (TPSA) is 83.7 Å². The summed E-state index contributed by atoms with van der Waals surface area (Å²) in [6, 6.07) is 2.88. The number of carbonyl (C=O) groups excluding carboxylic acids is 1. The number of nitrogens with zero attached hydrogens (tertiary/aromatic N) is 2. The Morgan fingerprint density at radius 2 is 2.04 bits per heavy atom. The summed E-state index contributed by atoms with van der Waals surface area (Å²) in [4.78, 5) is 25.2. The van der Waals surface area contributed by atoms with E-state index in [0.29, 0.717) is 13.7 Å². The predicted molar refractivity (Wildman–Crippen MR) is 104 cm³/mol. The van der Waals surface area contributed by atoms with Gasteiger partial charge in [0.15, 0.2) is 0 Å². The molecule has 1 aromatic rings. The Bertz CT molecular complexity index is 791. The molecule has 132 valence electrons. The number of hydrogen-bond acceptors (Lipinski definition) is 6. The second-order valence-corrected chi connectivity index (χ2v) is 8.55. The molecular weight excluding hydrogens is 428 g/mol. The zero-order valence-electron chi connectivity index (χ0n) is 13.1. The van der Waals surface area contributed by atoms with Crippen LogP contribution in [-0.4, -0.2) is 31.2 Å². The molecule has 6 nitrogen and oxygen atoms in total. The monoisotopic (exact) mass is 442 g/mol. The van der Waals surface area contributed by atoms with E-state index in [-0.39, 0.29) is 17.5 Å². The summed E-state index contributed by atoms with van der Waals surface area (Å²) in [5.74, 6) is -0.653. The summed E-state index contributed by atoms with van der Waals surface area (Å²) in [7, 11) is 0. The van der Waals surface area contributed by atoms with E-state index in [0.717, 1.165) is 25.7 Å². The van der Waals surface area contributed by atoms with Gasteiger partial charge in [-0.2, -0.15) is 0 Å². The fourth-order valence-corrected chi connectivity index (χ4v) is 4.98. The Balaban J connectivity index is 1.93. The van der Waals surface area contributed by atoms with E-state index < -0.39 is 16.4 Å². The summed E-state index contributed by atoms with van der Waals surface area (Å²) in [6.07, 6.45) is 6.69. The van der Waals surface area contributed by atoms with E-state index in [2.05, 4.69) is 15.9 Å². The highest BCUT2D eigenvalue weighted by atomic mass is 79.9. The lowest BCUT2D eigenvalue weighted by Crippen LogP contribution is -2.39. The third kappa shape index (κ3) is 3.73. The minimum absolute atomic E-state index is 0.123. The van der Waals surface area contributed by atoms with E-state index in [4.69, 9.17) is 12.2 Å². The van der Waals surface area contributed by atoms with E-state index in [1.165, 1.54) is 36.4 Å². The van der Waals surface area contributed by atoms with Crippen LogP contribution in [0.15, 0.2) is 21.5 Å². The van der Waals surface area contributed by atoms with Crippen LogP contribution < -0.4 is 0 Å². The van der Waals surface area contributed by atoms with Crippen molar-refractivity contribution < 1.29 is 14.8 Å². The summed E-state index contributed by atoms with van der Waals surface area (Å²) in [5.41, 5.74) is -0.200. The lowest BCUT2D eigenvalue weighted by molar-refractivity contribution is -0.385. The number of halogens is 1. The molecule has 2 fully saturated rings. The number of phenols is 1. The molecule has 1 heterocycles. The number of benzene rings is 1. The van der Waals surface area contributed by atoms with Gasteiger partial charge in [-0.15, -0.1) is 0 Å². The molecule has 25 heavy (non-hydrogen) atoms. The van der Waals surface area contributed by atoms with E-state index in [1.807, 2.05) is 0 Å². The molecule has 1 saturated carbocycles. The molecule has 0 aromatic heterocycles. The van der Waals surface area contributed by atoms with Gasteiger partial charge in [-0.05, 0) is 25.0 Å². The highest BCUT2D eigenvalue weighted by Gasteiger charge is 2.37.